The fourth-order valence-electron chi connectivity index (χ4n) is 3.23. The number of fused-ring (bicyclic) bond motifs is 1. The van der Waals surface area contributed by atoms with Crippen molar-refractivity contribution in [3.8, 4) is 0 Å². The molecule has 4 rings (SSSR count). The number of hydrogen-bond donors (Lipinski definition) is 1. The zero-order valence-corrected chi connectivity index (χ0v) is 16.2. The van der Waals surface area contributed by atoms with E-state index in [4.69, 9.17) is 4.74 Å². The van der Waals surface area contributed by atoms with E-state index in [9.17, 15) is 9.59 Å². The van der Waals surface area contributed by atoms with Gasteiger partial charge in [-0.25, -0.2) is 15.0 Å². The van der Waals surface area contributed by atoms with Crippen LogP contribution in [-0.2, 0) is 22.6 Å². The molecule has 0 bridgehead atoms. The molecule has 9 nitrogen and oxygen atoms in total. The van der Waals surface area contributed by atoms with Crippen molar-refractivity contribution in [2.75, 3.05) is 31.2 Å². The number of carbonyl (C=O) groups excluding carboxylic acids is 1. The van der Waals surface area contributed by atoms with E-state index in [-0.39, 0.29) is 24.6 Å². The van der Waals surface area contributed by atoms with Gasteiger partial charge >= 0.3 is 0 Å². The van der Waals surface area contributed by atoms with E-state index in [2.05, 4.69) is 25.2 Å². The molecule has 1 aliphatic rings. The molecule has 1 N–H and O–H groups in total. The summed E-state index contributed by atoms with van der Waals surface area (Å²) >= 11 is 0. The van der Waals surface area contributed by atoms with Crippen molar-refractivity contribution in [3.05, 3.63) is 58.4 Å². The molecule has 9 heteroatoms. The molecular formula is C20H22N6O3. The van der Waals surface area contributed by atoms with Crippen LogP contribution in [-0.4, -0.2) is 51.7 Å². The lowest BCUT2D eigenvalue weighted by atomic mass is 10.2. The first-order valence-corrected chi connectivity index (χ1v) is 9.48. The van der Waals surface area contributed by atoms with Gasteiger partial charge < -0.3 is 15.0 Å². The van der Waals surface area contributed by atoms with E-state index in [0.717, 1.165) is 24.5 Å². The van der Waals surface area contributed by atoms with Crippen molar-refractivity contribution in [2.24, 2.45) is 0 Å². The molecule has 0 saturated carbocycles. The van der Waals surface area contributed by atoms with Crippen LogP contribution in [0, 0.1) is 6.92 Å². The third kappa shape index (κ3) is 4.40. The second-order valence-corrected chi connectivity index (χ2v) is 6.87. The number of morpholine rings is 1. The standard InChI is InChI=1S/C20H22N6O3/c1-14-10-15(24-20(23-14)25-6-8-29-9-7-25)11-21-18(27)12-26-13-22-17-5-3-2-4-16(17)19(26)28/h2-5,10,13H,6-9,11-12H2,1H3,(H,21,27). The summed E-state index contributed by atoms with van der Waals surface area (Å²) < 4.78 is 6.67. The van der Waals surface area contributed by atoms with Crippen LogP contribution in [0.3, 0.4) is 0 Å². The summed E-state index contributed by atoms with van der Waals surface area (Å²) in [6.07, 6.45) is 1.40. The molecule has 1 saturated heterocycles. The van der Waals surface area contributed by atoms with Crippen molar-refractivity contribution in [3.63, 3.8) is 0 Å². The number of aryl methyl sites for hydroxylation is 1. The fourth-order valence-corrected chi connectivity index (χ4v) is 3.23. The number of nitrogens with zero attached hydrogens (tertiary/aromatic N) is 5. The summed E-state index contributed by atoms with van der Waals surface area (Å²) in [5.41, 5.74) is 1.93. The minimum atomic E-state index is -0.284. The Bertz CT molecular complexity index is 1090. The number of rotatable bonds is 5. The SMILES string of the molecule is Cc1cc(CNC(=O)Cn2cnc3ccccc3c2=O)nc(N2CCOCC2)n1. The first kappa shape index (κ1) is 19.0. The highest BCUT2D eigenvalue weighted by molar-refractivity contribution is 5.78. The molecule has 1 aliphatic heterocycles. The van der Waals surface area contributed by atoms with Crippen LogP contribution in [0.4, 0.5) is 5.95 Å². The van der Waals surface area contributed by atoms with Gasteiger partial charge in [-0.15, -0.1) is 0 Å². The molecule has 1 amide bonds. The van der Waals surface area contributed by atoms with Crippen molar-refractivity contribution in [1.82, 2.24) is 24.8 Å². The smallest absolute Gasteiger partial charge is 0.261 e. The molecule has 0 aliphatic carbocycles. The predicted molar refractivity (Wildman–Crippen MR) is 108 cm³/mol. The van der Waals surface area contributed by atoms with Crippen LogP contribution in [0.25, 0.3) is 10.9 Å². The van der Waals surface area contributed by atoms with E-state index < -0.39 is 0 Å². The summed E-state index contributed by atoms with van der Waals surface area (Å²) in [5, 5.41) is 3.31. The zero-order valence-electron chi connectivity index (χ0n) is 16.2. The lowest BCUT2D eigenvalue weighted by Crippen LogP contribution is -2.37. The van der Waals surface area contributed by atoms with E-state index in [1.54, 1.807) is 18.2 Å². The molecule has 3 aromatic rings. The van der Waals surface area contributed by atoms with Crippen LogP contribution < -0.4 is 15.8 Å². The molecule has 3 heterocycles. The molecule has 150 valence electrons. The zero-order chi connectivity index (χ0) is 20.2. The average molecular weight is 394 g/mol. The number of carbonyl (C=O) groups is 1. The van der Waals surface area contributed by atoms with Crippen molar-refractivity contribution in [2.45, 2.75) is 20.0 Å². The van der Waals surface area contributed by atoms with Crippen LogP contribution in [0.1, 0.15) is 11.4 Å². The van der Waals surface area contributed by atoms with Gasteiger partial charge in [0.25, 0.3) is 5.56 Å². The summed E-state index contributed by atoms with van der Waals surface area (Å²) in [7, 11) is 0. The second-order valence-electron chi connectivity index (χ2n) is 6.87. The van der Waals surface area contributed by atoms with Crippen LogP contribution in [0.15, 0.2) is 41.5 Å². The minimum Gasteiger partial charge on any atom is -0.378 e. The van der Waals surface area contributed by atoms with Crippen molar-refractivity contribution in [1.29, 1.82) is 0 Å². The Kier molecular flexibility index (Phi) is 5.48. The summed E-state index contributed by atoms with van der Waals surface area (Å²) in [4.78, 5) is 40.2. The molecule has 0 radical (unpaired) electrons. The Morgan fingerprint density at radius 1 is 1.21 bits per heavy atom. The van der Waals surface area contributed by atoms with Gasteiger partial charge in [0, 0.05) is 18.8 Å². The Labute approximate surface area is 167 Å². The van der Waals surface area contributed by atoms with Gasteiger partial charge in [-0.2, -0.15) is 0 Å². The quantitative estimate of drug-likeness (QED) is 0.678. The largest absolute Gasteiger partial charge is 0.378 e. The summed E-state index contributed by atoms with van der Waals surface area (Å²) in [6, 6.07) is 8.91. The first-order valence-electron chi connectivity index (χ1n) is 9.48. The molecule has 0 spiro atoms. The highest BCUT2D eigenvalue weighted by atomic mass is 16.5. The maximum Gasteiger partial charge on any atom is 0.261 e. The normalized spacial score (nSPS) is 14.2. The molecule has 0 unspecified atom stereocenters. The fraction of sp³-hybridized carbons (Fsp3) is 0.350. The number of hydrogen-bond acceptors (Lipinski definition) is 7. The first-order chi connectivity index (χ1) is 14.1. The molecule has 1 aromatic carbocycles. The van der Waals surface area contributed by atoms with Crippen molar-refractivity contribution < 1.29 is 9.53 Å². The highest BCUT2D eigenvalue weighted by Crippen LogP contribution is 2.12. The monoisotopic (exact) mass is 394 g/mol. The number of aromatic nitrogens is 4. The van der Waals surface area contributed by atoms with Gasteiger partial charge in [-0.3, -0.25) is 14.2 Å². The maximum atomic E-state index is 12.5. The number of anilines is 1. The average Bonchev–Trinajstić information content (AvgIpc) is 2.75. The molecule has 1 fully saturated rings. The predicted octanol–water partition coefficient (Wildman–Crippen LogP) is 0.648. The lowest BCUT2D eigenvalue weighted by molar-refractivity contribution is -0.121. The third-order valence-corrected chi connectivity index (χ3v) is 4.70. The number of nitrogens with one attached hydrogen (secondary N) is 1. The Morgan fingerprint density at radius 2 is 2.00 bits per heavy atom. The van der Waals surface area contributed by atoms with Crippen molar-refractivity contribution >= 4 is 22.8 Å². The Morgan fingerprint density at radius 3 is 2.83 bits per heavy atom. The minimum absolute atomic E-state index is 0.100. The van der Waals surface area contributed by atoms with Gasteiger partial charge in [0.1, 0.15) is 6.54 Å². The van der Waals surface area contributed by atoms with E-state index in [0.29, 0.717) is 30.1 Å². The van der Waals surface area contributed by atoms with Gasteiger partial charge in [-0.1, -0.05) is 12.1 Å². The summed E-state index contributed by atoms with van der Waals surface area (Å²) in [5.74, 6) is 0.362. The maximum absolute atomic E-state index is 12.5. The van der Waals surface area contributed by atoms with Gasteiger partial charge in [-0.05, 0) is 25.1 Å². The number of benzene rings is 1. The molecule has 0 atom stereocenters. The summed E-state index contributed by atoms with van der Waals surface area (Å²) in [6.45, 7) is 4.85. The van der Waals surface area contributed by atoms with Crippen LogP contribution in [0.5, 0.6) is 0 Å². The van der Waals surface area contributed by atoms with Gasteiger partial charge in [0.05, 0.1) is 42.7 Å². The molecule has 29 heavy (non-hydrogen) atoms. The second kappa shape index (κ2) is 8.36. The van der Waals surface area contributed by atoms with Crippen LogP contribution in [0.2, 0.25) is 0 Å². The van der Waals surface area contributed by atoms with Gasteiger partial charge in [0.2, 0.25) is 11.9 Å². The Hall–Kier alpha value is -3.33. The lowest BCUT2D eigenvalue weighted by Gasteiger charge is -2.27. The van der Waals surface area contributed by atoms with E-state index in [1.807, 2.05) is 19.1 Å². The molecular weight excluding hydrogens is 372 g/mol. The van der Waals surface area contributed by atoms with Gasteiger partial charge in [0.15, 0.2) is 0 Å². The van der Waals surface area contributed by atoms with E-state index >= 15 is 0 Å². The topological polar surface area (TPSA) is 102 Å². The third-order valence-electron chi connectivity index (χ3n) is 4.70. The Balaban J connectivity index is 1.43. The van der Waals surface area contributed by atoms with Crippen LogP contribution >= 0.6 is 0 Å². The number of ether oxygens (including phenoxy) is 1. The molecule has 2 aromatic heterocycles. The highest BCUT2D eigenvalue weighted by Gasteiger charge is 2.15. The number of amides is 1. The van der Waals surface area contributed by atoms with E-state index in [1.165, 1.54) is 10.9 Å². The number of para-hydroxylation sites is 1.